The normalized spacial score (nSPS) is 15.4. The first kappa shape index (κ1) is 15.4. The highest BCUT2D eigenvalue weighted by Gasteiger charge is 2.26. The van der Waals surface area contributed by atoms with Gasteiger partial charge in [-0.1, -0.05) is 11.6 Å². The molecule has 1 aromatic heterocycles. The average Bonchev–Trinajstić information content (AvgIpc) is 3.17. The Morgan fingerprint density at radius 3 is 2.75 bits per heavy atom. The molecule has 0 spiro atoms. The number of alkyl halides is 3. The number of aromatic nitrogens is 1. The SMILES string of the molecule is FC(F)(F)CCCOc1ccc(Cl)c(CNC2CC2)n1. The molecule has 0 aliphatic heterocycles. The fourth-order valence-corrected chi connectivity index (χ4v) is 1.82. The Morgan fingerprint density at radius 1 is 1.35 bits per heavy atom. The monoisotopic (exact) mass is 308 g/mol. The first-order valence-electron chi connectivity index (χ1n) is 6.52. The number of pyridine rings is 1. The van der Waals surface area contributed by atoms with Crippen molar-refractivity contribution in [2.24, 2.45) is 0 Å². The number of nitrogens with zero attached hydrogens (tertiary/aromatic N) is 1. The maximum absolute atomic E-state index is 12.0. The van der Waals surface area contributed by atoms with Crippen molar-refractivity contribution in [2.75, 3.05) is 6.61 Å². The van der Waals surface area contributed by atoms with Gasteiger partial charge in [0.15, 0.2) is 0 Å². The third-order valence-electron chi connectivity index (χ3n) is 2.88. The minimum Gasteiger partial charge on any atom is -0.478 e. The van der Waals surface area contributed by atoms with Gasteiger partial charge in [-0.3, -0.25) is 0 Å². The molecule has 0 atom stereocenters. The van der Waals surface area contributed by atoms with Gasteiger partial charge in [0.05, 0.1) is 17.3 Å². The lowest BCUT2D eigenvalue weighted by molar-refractivity contribution is -0.136. The van der Waals surface area contributed by atoms with Gasteiger partial charge < -0.3 is 10.1 Å². The number of hydrogen-bond acceptors (Lipinski definition) is 3. The lowest BCUT2D eigenvalue weighted by Gasteiger charge is -2.10. The van der Waals surface area contributed by atoms with Crippen molar-refractivity contribution < 1.29 is 17.9 Å². The summed E-state index contributed by atoms with van der Waals surface area (Å²) in [5.41, 5.74) is 0.659. The van der Waals surface area contributed by atoms with Crippen LogP contribution >= 0.6 is 11.6 Å². The van der Waals surface area contributed by atoms with E-state index >= 15 is 0 Å². The molecule has 1 aromatic rings. The van der Waals surface area contributed by atoms with E-state index in [-0.39, 0.29) is 13.0 Å². The molecule has 1 fully saturated rings. The van der Waals surface area contributed by atoms with Crippen molar-refractivity contribution in [3.8, 4) is 5.88 Å². The first-order chi connectivity index (χ1) is 9.44. The Balaban J connectivity index is 1.80. The maximum Gasteiger partial charge on any atom is 0.389 e. The van der Waals surface area contributed by atoms with Gasteiger partial charge in [-0.05, 0) is 25.3 Å². The molecule has 1 saturated carbocycles. The smallest absolute Gasteiger partial charge is 0.389 e. The van der Waals surface area contributed by atoms with E-state index in [2.05, 4.69) is 10.3 Å². The number of rotatable bonds is 7. The zero-order valence-electron chi connectivity index (χ0n) is 10.8. The molecule has 0 aromatic carbocycles. The molecule has 1 aliphatic carbocycles. The average molecular weight is 309 g/mol. The van der Waals surface area contributed by atoms with Crippen LogP contribution in [-0.2, 0) is 6.54 Å². The predicted molar refractivity (Wildman–Crippen MR) is 69.9 cm³/mol. The molecule has 0 radical (unpaired) electrons. The van der Waals surface area contributed by atoms with Crippen LogP contribution < -0.4 is 10.1 Å². The lowest BCUT2D eigenvalue weighted by Crippen LogP contribution is -2.17. The van der Waals surface area contributed by atoms with Crippen LogP contribution in [0.2, 0.25) is 5.02 Å². The summed E-state index contributed by atoms with van der Waals surface area (Å²) in [6, 6.07) is 3.75. The van der Waals surface area contributed by atoms with E-state index in [1.165, 1.54) is 0 Å². The quantitative estimate of drug-likeness (QED) is 0.780. The molecule has 2 rings (SSSR count). The predicted octanol–water partition coefficient (Wildman–Crippen LogP) is 3.71. The van der Waals surface area contributed by atoms with Crippen LogP contribution in [0.15, 0.2) is 12.1 Å². The molecule has 112 valence electrons. The number of halogens is 4. The zero-order valence-corrected chi connectivity index (χ0v) is 11.6. The number of ether oxygens (including phenoxy) is 1. The van der Waals surface area contributed by atoms with Crippen molar-refractivity contribution in [3.63, 3.8) is 0 Å². The van der Waals surface area contributed by atoms with Gasteiger partial charge in [0.25, 0.3) is 0 Å². The molecule has 0 bridgehead atoms. The van der Waals surface area contributed by atoms with Crippen LogP contribution in [-0.4, -0.2) is 23.8 Å². The second-order valence-corrected chi connectivity index (χ2v) is 5.21. The van der Waals surface area contributed by atoms with Crippen molar-refractivity contribution in [1.82, 2.24) is 10.3 Å². The number of nitrogens with one attached hydrogen (secondary N) is 1. The van der Waals surface area contributed by atoms with Crippen LogP contribution in [0.1, 0.15) is 31.4 Å². The van der Waals surface area contributed by atoms with Gasteiger partial charge in [-0.15, -0.1) is 0 Å². The molecule has 1 N–H and O–H groups in total. The topological polar surface area (TPSA) is 34.1 Å². The maximum atomic E-state index is 12.0. The summed E-state index contributed by atoms with van der Waals surface area (Å²) in [6.45, 7) is 0.535. The van der Waals surface area contributed by atoms with Crippen molar-refractivity contribution in [3.05, 3.63) is 22.8 Å². The molecular weight excluding hydrogens is 293 g/mol. The van der Waals surface area contributed by atoms with Gasteiger partial charge in [0, 0.05) is 25.1 Å². The van der Waals surface area contributed by atoms with E-state index in [0.29, 0.717) is 29.2 Å². The Bertz CT molecular complexity index is 450. The van der Waals surface area contributed by atoms with E-state index in [0.717, 1.165) is 12.8 Å². The summed E-state index contributed by atoms with van der Waals surface area (Å²) >= 11 is 6.01. The van der Waals surface area contributed by atoms with E-state index in [4.69, 9.17) is 16.3 Å². The molecule has 0 saturated heterocycles. The number of hydrogen-bond donors (Lipinski definition) is 1. The summed E-state index contributed by atoms with van der Waals surface area (Å²) in [5.74, 6) is 0.309. The van der Waals surface area contributed by atoms with Crippen LogP contribution in [0.3, 0.4) is 0 Å². The summed E-state index contributed by atoms with van der Waals surface area (Å²) < 4.78 is 41.2. The highest BCUT2D eigenvalue weighted by atomic mass is 35.5. The fourth-order valence-electron chi connectivity index (χ4n) is 1.65. The molecule has 1 heterocycles. The van der Waals surface area contributed by atoms with E-state index < -0.39 is 12.6 Å². The van der Waals surface area contributed by atoms with Crippen LogP contribution in [0.4, 0.5) is 13.2 Å². The van der Waals surface area contributed by atoms with Gasteiger partial charge in [0.1, 0.15) is 0 Å². The molecule has 3 nitrogen and oxygen atoms in total. The summed E-state index contributed by atoms with van der Waals surface area (Å²) in [7, 11) is 0. The Hall–Kier alpha value is -1.01. The summed E-state index contributed by atoms with van der Waals surface area (Å²) in [6.07, 6.45) is -2.76. The minimum absolute atomic E-state index is 0.0103. The minimum atomic E-state index is -4.14. The van der Waals surface area contributed by atoms with E-state index in [1.807, 2.05) is 0 Å². The van der Waals surface area contributed by atoms with E-state index in [9.17, 15) is 13.2 Å². The molecule has 20 heavy (non-hydrogen) atoms. The van der Waals surface area contributed by atoms with Gasteiger partial charge >= 0.3 is 6.18 Å². The Kier molecular flexibility index (Phi) is 5.10. The molecule has 0 amide bonds. The summed E-state index contributed by atoms with van der Waals surface area (Å²) in [4.78, 5) is 4.21. The lowest BCUT2D eigenvalue weighted by atomic mass is 10.3. The highest BCUT2D eigenvalue weighted by Crippen LogP contribution is 2.23. The third kappa shape index (κ3) is 5.54. The fraction of sp³-hybridized carbons (Fsp3) is 0.615. The standard InChI is InChI=1S/C13H16ClF3N2O/c14-10-4-5-12(20-7-1-6-13(15,16)17)19-11(10)8-18-9-2-3-9/h4-5,9,18H,1-3,6-8H2. The molecule has 0 unspecified atom stereocenters. The molecular formula is C13H16ClF3N2O. The second-order valence-electron chi connectivity index (χ2n) is 4.80. The first-order valence-corrected chi connectivity index (χ1v) is 6.90. The Labute approximate surface area is 120 Å². The highest BCUT2D eigenvalue weighted by molar-refractivity contribution is 6.31. The summed E-state index contributed by atoms with van der Waals surface area (Å²) in [5, 5.41) is 3.81. The van der Waals surface area contributed by atoms with E-state index in [1.54, 1.807) is 12.1 Å². The molecule has 1 aliphatic rings. The van der Waals surface area contributed by atoms with Crippen LogP contribution in [0.25, 0.3) is 0 Å². The van der Waals surface area contributed by atoms with Gasteiger partial charge in [0.2, 0.25) is 5.88 Å². The zero-order chi connectivity index (χ0) is 14.6. The van der Waals surface area contributed by atoms with Crippen molar-refractivity contribution in [2.45, 2.75) is 44.4 Å². The van der Waals surface area contributed by atoms with Crippen molar-refractivity contribution in [1.29, 1.82) is 0 Å². The third-order valence-corrected chi connectivity index (χ3v) is 3.23. The van der Waals surface area contributed by atoms with Gasteiger partial charge in [-0.25, -0.2) is 4.98 Å². The van der Waals surface area contributed by atoms with Crippen molar-refractivity contribution >= 4 is 11.6 Å². The Morgan fingerprint density at radius 2 is 2.10 bits per heavy atom. The molecule has 7 heteroatoms. The van der Waals surface area contributed by atoms with Crippen LogP contribution in [0, 0.1) is 0 Å². The van der Waals surface area contributed by atoms with Crippen LogP contribution in [0.5, 0.6) is 5.88 Å². The largest absolute Gasteiger partial charge is 0.478 e. The van der Waals surface area contributed by atoms with Gasteiger partial charge in [-0.2, -0.15) is 13.2 Å². The second kappa shape index (κ2) is 6.63.